The van der Waals surface area contributed by atoms with E-state index in [-0.39, 0.29) is 11.8 Å². The number of benzene rings is 2. The van der Waals surface area contributed by atoms with Gasteiger partial charge in [0.25, 0.3) is 11.8 Å². The van der Waals surface area contributed by atoms with Gasteiger partial charge in [0.05, 0.1) is 29.7 Å². The normalized spacial score (nSPS) is 13.6. The second-order valence-electron chi connectivity index (χ2n) is 7.67. The molecule has 0 unspecified atom stereocenters. The smallest absolute Gasteiger partial charge is 0.256 e. The third-order valence-corrected chi connectivity index (χ3v) is 5.32. The van der Waals surface area contributed by atoms with E-state index in [0.717, 1.165) is 22.5 Å². The number of carbonyl (C=O) groups is 2. The Kier molecular flexibility index (Phi) is 5.28. The Bertz CT molecular complexity index is 1370. The maximum absolute atomic E-state index is 12.4. The number of furan rings is 1. The van der Waals surface area contributed by atoms with Crippen LogP contribution >= 0.6 is 0 Å². The van der Waals surface area contributed by atoms with Crippen molar-refractivity contribution >= 4 is 29.2 Å². The number of hydrogen-bond donors (Lipinski definition) is 2. The number of anilines is 1. The molecule has 0 spiro atoms. The van der Waals surface area contributed by atoms with Gasteiger partial charge in [-0.05, 0) is 43.3 Å². The Morgan fingerprint density at radius 3 is 2.64 bits per heavy atom. The number of amides is 2. The first kappa shape index (κ1) is 20.4. The Morgan fingerprint density at radius 1 is 1.03 bits per heavy atom. The summed E-state index contributed by atoms with van der Waals surface area (Å²) >= 11 is 0. The lowest BCUT2D eigenvalue weighted by molar-refractivity contribution is -0.110. The lowest BCUT2D eigenvalue weighted by Gasteiger charge is -2.05. The van der Waals surface area contributed by atoms with Gasteiger partial charge in [0.2, 0.25) is 0 Å². The van der Waals surface area contributed by atoms with Crippen molar-refractivity contribution in [3.05, 3.63) is 101 Å². The monoisotopic (exact) mass is 436 g/mol. The van der Waals surface area contributed by atoms with Crippen LogP contribution in [0.3, 0.4) is 0 Å². The van der Waals surface area contributed by atoms with Crippen LogP contribution in [-0.2, 0) is 11.3 Å². The average Bonchev–Trinajstić information content (AvgIpc) is 3.43. The van der Waals surface area contributed by atoms with Crippen molar-refractivity contribution in [2.75, 3.05) is 5.32 Å². The van der Waals surface area contributed by atoms with E-state index >= 15 is 0 Å². The predicted molar refractivity (Wildman–Crippen MR) is 125 cm³/mol. The van der Waals surface area contributed by atoms with Gasteiger partial charge < -0.3 is 15.1 Å². The molecular formula is C26H20N4O3. The molecule has 2 aromatic heterocycles. The van der Waals surface area contributed by atoms with E-state index in [1.165, 1.54) is 0 Å². The van der Waals surface area contributed by atoms with Crippen LogP contribution in [0.15, 0.2) is 77.5 Å². The number of fused-ring (bicyclic) bond motifs is 1. The average molecular weight is 436 g/mol. The molecule has 1 aliphatic heterocycles. The Hall–Kier alpha value is -4.52. The van der Waals surface area contributed by atoms with E-state index in [1.807, 2.05) is 55.5 Å². The maximum atomic E-state index is 12.4. The molecular weight excluding hydrogens is 416 g/mol. The zero-order chi connectivity index (χ0) is 22.8. The molecule has 162 valence electrons. The summed E-state index contributed by atoms with van der Waals surface area (Å²) in [6.07, 6.45) is 5.05. The van der Waals surface area contributed by atoms with E-state index in [9.17, 15) is 9.59 Å². The molecule has 0 fully saturated rings. The first-order valence-corrected chi connectivity index (χ1v) is 10.5. The topological polar surface area (TPSA) is 97.1 Å². The lowest BCUT2D eigenvalue weighted by Crippen LogP contribution is -2.23. The molecule has 4 aromatic rings. The number of carbonyl (C=O) groups excluding carboxylic acids is 2. The third-order valence-electron chi connectivity index (χ3n) is 5.32. The van der Waals surface area contributed by atoms with E-state index in [1.54, 1.807) is 30.6 Å². The second-order valence-corrected chi connectivity index (χ2v) is 7.67. The fraction of sp³-hybridized carbons (Fsp3) is 0.0769. The fourth-order valence-corrected chi connectivity index (χ4v) is 3.58. The van der Waals surface area contributed by atoms with Crippen LogP contribution in [-0.4, -0.2) is 21.8 Å². The maximum Gasteiger partial charge on any atom is 0.256 e. The van der Waals surface area contributed by atoms with Crippen molar-refractivity contribution < 1.29 is 14.0 Å². The summed E-state index contributed by atoms with van der Waals surface area (Å²) in [5.41, 5.74) is 5.10. The molecule has 3 heterocycles. The van der Waals surface area contributed by atoms with Crippen molar-refractivity contribution in [1.29, 1.82) is 0 Å². The molecule has 5 rings (SSSR count). The van der Waals surface area contributed by atoms with Gasteiger partial charge in [0.1, 0.15) is 11.5 Å². The highest BCUT2D eigenvalue weighted by Crippen LogP contribution is 2.33. The predicted octanol–water partition coefficient (Wildman–Crippen LogP) is 4.47. The second kappa shape index (κ2) is 8.55. The molecule has 1 aliphatic rings. The summed E-state index contributed by atoms with van der Waals surface area (Å²) < 4.78 is 5.94. The third kappa shape index (κ3) is 4.29. The first-order valence-electron chi connectivity index (χ1n) is 10.5. The summed E-state index contributed by atoms with van der Waals surface area (Å²) in [4.78, 5) is 33.1. The molecule has 0 atom stereocenters. The van der Waals surface area contributed by atoms with Crippen LogP contribution in [0.1, 0.15) is 33.1 Å². The minimum Gasteiger partial charge on any atom is -0.457 e. The Balaban J connectivity index is 1.28. The number of nitrogens with zero attached hydrogens (tertiary/aromatic N) is 2. The van der Waals surface area contributed by atoms with Gasteiger partial charge in [-0.15, -0.1) is 0 Å². The van der Waals surface area contributed by atoms with Gasteiger partial charge >= 0.3 is 0 Å². The molecule has 7 heteroatoms. The minimum absolute atomic E-state index is 0.152. The quantitative estimate of drug-likeness (QED) is 0.450. The first-order chi connectivity index (χ1) is 16.1. The molecule has 0 saturated carbocycles. The SMILES string of the molecule is Cc1cnc(CNC(=O)c2ccc(-c3ccc(/C=C4/C(=O)Nc5ccccc54)o3)cc2)cn1. The van der Waals surface area contributed by atoms with Gasteiger partial charge in [0, 0.05) is 28.6 Å². The highest BCUT2D eigenvalue weighted by molar-refractivity contribution is 6.34. The van der Waals surface area contributed by atoms with Gasteiger partial charge in [-0.1, -0.05) is 30.3 Å². The standard InChI is InChI=1S/C26H20N4O3/c1-16-13-28-19(14-27-16)15-29-25(31)18-8-6-17(7-9-18)24-11-10-20(33-24)12-22-21-4-2-3-5-23(21)30-26(22)32/h2-14H,15H2,1H3,(H,29,31)(H,30,32)/b22-12+. The zero-order valence-electron chi connectivity index (χ0n) is 17.8. The van der Waals surface area contributed by atoms with Gasteiger partial charge in [-0.25, -0.2) is 0 Å². The Labute approximate surface area is 190 Å². The molecule has 2 N–H and O–H groups in total. The molecule has 0 aliphatic carbocycles. The minimum atomic E-state index is -0.195. The van der Waals surface area contributed by atoms with Crippen molar-refractivity contribution in [2.24, 2.45) is 0 Å². The number of nitrogens with one attached hydrogen (secondary N) is 2. The molecule has 0 radical (unpaired) electrons. The van der Waals surface area contributed by atoms with Gasteiger partial charge in [-0.2, -0.15) is 0 Å². The van der Waals surface area contributed by atoms with E-state index in [2.05, 4.69) is 20.6 Å². The summed E-state index contributed by atoms with van der Waals surface area (Å²) in [5.74, 6) is 0.879. The van der Waals surface area contributed by atoms with Gasteiger partial charge in [0.15, 0.2) is 0 Å². The zero-order valence-corrected chi connectivity index (χ0v) is 17.8. The van der Waals surface area contributed by atoms with Crippen molar-refractivity contribution in [2.45, 2.75) is 13.5 Å². The van der Waals surface area contributed by atoms with Crippen LogP contribution < -0.4 is 10.6 Å². The van der Waals surface area contributed by atoms with Crippen LogP contribution in [0.4, 0.5) is 5.69 Å². The number of aromatic nitrogens is 2. The Morgan fingerprint density at radius 2 is 1.85 bits per heavy atom. The molecule has 33 heavy (non-hydrogen) atoms. The molecule has 2 aromatic carbocycles. The van der Waals surface area contributed by atoms with Crippen LogP contribution in [0.2, 0.25) is 0 Å². The van der Waals surface area contributed by atoms with E-state index < -0.39 is 0 Å². The van der Waals surface area contributed by atoms with Crippen LogP contribution in [0, 0.1) is 6.92 Å². The van der Waals surface area contributed by atoms with Crippen molar-refractivity contribution in [3.63, 3.8) is 0 Å². The summed E-state index contributed by atoms with van der Waals surface area (Å²) in [6, 6.07) is 18.4. The van der Waals surface area contributed by atoms with Crippen LogP contribution in [0.25, 0.3) is 23.0 Å². The molecule has 0 saturated heterocycles. The summed E-state index contributed by atoms with van der Waals surface area (Å²) in [6.45, 7) is 2.17. The number of hydrogen-bond acceptors (Lipinski definition) is 5. The summed E-state index contributed by atoms with van der Waals surface area (Å²) in [5, 5.41) is 5.69. The van der Waals surface area contributed by atoms with E-state index in [4.69, 9.17) is 4.42 Å². The van der Waals surface area contributed by atoms with Crippen molar-refractivity contribution in [1.82, 2.24) is 15.3 Å². The molecule has 2 amide bonds. The number of para-hydroxylation sites is 1. The highest BCUT2D eigenvalue weighted by atomic mass is 16.3. The fourth-order valence-electron chi connectivity index (χ4n) is 3.58. The molecule has 0 bridgehead atoms. The lowest BCUT2D eigenvalue weighted by atomic mass is 10.1. The van der Waals surface area contributed by atoms with E-state index in [0.29, 0.717) is 34.9 Å². The molecule has 7 nitrogen and oxygen atoms in total. The number of aryl methyl sites for hydroxylation is 1. The van der Waals surface area contributed by atoms with Crippen LogP contribution in [0.5, 0.6) is 0 Å². The summed E-state index contributed by atoms with van der Waals surface area (Å²) in [7, 11) is 0. The van der Waals surface area contributed by atoms with Gasteiger partial charge in [-0.3, -0.25) is 19.6 Å². The van der Waals surface area contributed by atoms with Crippen molar-refractivity contribution in [3.8, 4) is 11.3 Å². The number of rotatable bonds is 5. The highest BCUT2D eigenvalue weighted by Gasteiger charge is 2.23. The largest absolute Gasteiger partial charge is 0.457 e.